The lowest BCUT2D eigenvalue weighted by Gasteiger charge is -2.08. The molecule has 2 N–H and O–H groups in total. The summed E-state index contributed by atoms with van der Waals surface area (Å²) in [6, 6.07) is 11.4. The summed E-state index contributed by atoms with van der Waals surface area (Å²) >= 11 is 5.13. The molecule has 106 valence electrons. The smallest absolute Gasteiger partial charge is 0.224 e. The Labute approximate surface area is 130 Å². The second-order valence-corrected chi connectivity index (χ2v) is 6.97. The maximum absolute atomic E-state index is 11.9. The van der Waals surface area contributed by atoms with Gasteiger partial charge in [0, 0.05) is 22.5 Å². The molecular weight excluding hydrogens is 338 g/mol. The van der Waals surface area contributed by atoms with Crippen LogP contribution in [0.15, 0.2) is 40.2 Å². The molecule has 0 aliphatic carbocycles. The molecule has 20 heavy (non-hydrogen) atoms. The maximum atomic E-state index is 11.9. The van der Waals surface area contributed by atoms with Crippen LogP contribution in [0.5, 0.6) is 0 Å². The molecule has 0 fully saturated rings. The predicted molar refractivity (Wildman–Crippen MR) is 86.0 cm³/mol. The van der Waals surface area contributed by atoms with Gasteiger partial charge in [0.1, 0.15) is 0 Å². The number of aryl methyl sites for hydroxylation is 1. The Hall–Kier alpha value is -1.17. The second kappa shape index (κ2) is 7.57. The number of thiophene rings is 1. The van der Waals surface area contributed by atoms with Crippen molar-refractivity contribution < 1.29 is 9.90 Å². The van der Waals surface area contributed by atoms with E-state index in [1.54, 1.807) is 23.5 Å². The van der Waals surface area contributed by atoms with Crippen molar-refractivity contribution in [2.24, 2.45) is 0 Å². The zero-order chi connectivity index (χ0) is 14.4. The van der Waals surface area contributed by atoms with Gasteiger partial charge in [0.25, 0.3) is 0 Å². The van der Waals surface area contributed by atoms with Gasteiger partial charge in [0.2, 0.25) is 5.91 Å². The molecule has 0 aliphatic rings. The lowest BCUT2D eigenvalue weighted by atomic mass is 10.1. The molecule has 1 aromatic carbocycles. The van der Waals surface area contributed by atoms with Crippen molar-refractivity contribution in [1.29, 1.82) is 0 Å². The number of benzene rings is 1. The summed E-state index contributed by atoms with van der Waals surface area (Å²) in [5, 5.41) is 12.1. The number of nitrogens with one attached hydrogen (secondary N) is 1. The van der Waals surface area contributed by atoms with Crippen molar-refractivity contribution in [2.45, 2.75) is 25.9 Å². The van der Waals surface area contributed by atoms with Gasteiger partial charge in [-0.05, 0) is 47.0 Å². The second-order valence-electron chi connectivity index (χ2n) is 4.42. The fourth-order valence-electron chi connectivity index (χ4n) is 1.90. The molecule has 3 nitrogen and oxygen atoms in total. The molecule has 5 heteroatoms. The van der Waals surface area contributed by atoms with Gasteiger partial charge in [-0.1, -0.05) is 18.2 Å². The highest BCUT2D eigenvalue weighted by atomic mass is 79.9. The van der Waals surface area contributed by atoms with Crippen LogP contribution in [0.1, 0.15) is 23.3 Å². The van der Waals surface area contributed by atoms with Crippen molar-refractivity contribution in [1.82, 2.24) is 0 Å². The molecule has 0 saturated carbocycles. The van der Waals surface area contributed by atoms with Gasteiger partial charge in [-0.3, -0.25) is 4.79 Å². The first-order valence-electron chi connectivity index (χ1n) is 6.42. The highest BCUT2D eigenvalue weighted by molar-refractivity contribution is 9.11. The number of carbonyl (C=O) groups excluding carboxylic acids is 1. The van der Waals surface area contributed by atoms with E-state index >= 15 is 0 Å². The quantitative estimate of drug-likeness (QED) is 0.825. The molecule has 1 aromatic heterocycles. The number of para-hydroxylation sites is 1. The third-order valence-corrected chi connectivity index (χ3v) is 4.60. The van der Waals surface area contributed by atoms with Crippen LogP contribution in [0.2, 0.25) is 0 Å². The summed E-state index contributed by atoms with van der Waals surface area (Å²) in [4.78, 5) is 13.2. The van der Waals surface area contributed by atoms with Crippen LogP contribution in [-0.4, -0.2) is 11.0 Å². The van der Waals surface area contributed by atoms with E-state index in [1.165, 1.54) is 4.88 Å². The Morgan fingerprint density at radius 3 is 2.75 bits per heavy atom. The molecule has 0 atom stereocenters. The molecule has 0 radical (unpaired) electrons. The Morgan fingerprint density at radius 1 is 1.25 bits per heavy atom. The van der Waals surface area contributed by atoms with Crippen LogP contribution in [0.4, 0.5) is 5.69 Å². The largest absolute Gasteiger partial charge is 0.392 e. The lowest BCUT2D eigenvalue weighted by Crippen LogP contribution is -2.12. The predicted octanol–water partition coefficient (Wildman–Crippen LogP) is 3.96. The average Bonchev–Trinajstić information content (AvgIpc) is 2.85. The van der Waals surface area contributed by atoms with E-state index in [0.717, 1.165) is 22.2 Å². The zero-order valence-electron chi connectivity index (χ0n) is 10.9. The number of aliphatic hydroxyl groups is 1. The Balaban J connectivity index is 1.80. The molecule has 1 heterocycles. The van der Waals surface area contributed by atoms with Gasteiger partial charge in [-0.2, -0.15) is 0 Å². The maximum Gasteiger partial charge on any atom is 0.224 e. The SMILES string of the molecule is O=C(CCCc1ccc(Br)s1)Nc1ccccc1CO. The van der Waals surface area contributed by atoms with E-state index in [0.29, 0.717) is 12.1 Å². The number of hydrogen-bond donors (Lipinski definition) is 2. The number of carbonyl (C=O) groups is 1. The number of amides is 1. The number of aliphatic hydroxyl groups excluding tert-OH is 1. The van der Waals surface area contributed by atoms with Crippen LogP contribution >= 0.6 is 27.3 Å². The lowest BCUT2D eigenvalue weighted by molar-refractivity contribution is -0.116. The Bertz CT molecular complexity index is 583. The molecule has 0 aliphatic heterocycles. The molecular formula is C15H16BrNO2S. The summed E-state index contributed by atoms with van der Waals surface area (Å²) in [7, 11) is 0. The molecule has 2 rings (SSSR count). The minimum absolute atomic E-state index is 0.0125. The van der Waals surface area contributed by atoms with Crippen molar-refractivity contribution in [3.63, 3.8) is 0 Å². The van der Waals surface area contributed by atoms with E-state index in [4.69, 9.17) is 0 Å². The van der Waals surface area contributed by atoms with Crippen LogP contribution in [-0.2, 0) is 17.8 Å². The van der Waals surface area contributed by atoms with Crippen molar-refractivity contribution in [3.8, 4) is 0 Å². The highest BCUT2D eigenvalue weighted by Crippen LogP contribution is 2.23. The van der Waals surface area contributed by atoms with Gasteiger partial charge < -0.3 is 10.4 Å². The minimum Gasteiger partial charge on any atom is -0.392 e. The number of halogens is 1. The number of hydrogen-bond acceptors (Lipinski definition) is 3. The third-order valence-electron chi connectivity index (χ3n) is 2.92. The number of anilines is 1. The van der Waals surface area contributed by atoms with Gasteiger partial charge in [-0.15, -0.1) is 11.3 Å². The monoisotopic (exact) mass is 353 g/mol. The van der Waals surface area contributed by atoms with Crippen LogP contribution in [0.25, 0.3) is 0 Å². The number of rotatable bonds is 6. The highest BCUT2D eigenvalue weighted by Gasteiger charge is 2.06. The fraction of sp³-hybridized carbons (Fsp3) is 0.267. The summed E-state index contributed by atoms with van der Waals surface area (Å²) in [5.74, 6) is -0.0125. The van der Waals surface area contributed by atoms with Crippen molar-refractivity contribution >= 4 is 38.9 Å². The van der Waals surface area contributed by atoms with Gasteiger partial charge in [0.15, 0.2) is 0 Å². The van der Waals surface area contributed by atoms with Crippen molar-refractivity contribution in [2.75, 3.05) is 5.32 Å². The van der Waals surface area contributed by atoms with Gasteiger partial charge in [-0.25, -0.2) is 0 Å². The normalized spacial score (nSPS) is 10.5. The summed E-state index contributed by atoms with van der Waals surface area (Å²) in [6.07, 6.45) is 2.21. The fourth-order valence-corrected chi connectivity index (χ4v) is 3.43. The standard InChI is InChI=1S/C15H16BrNO2S/c16-14-9-8-12(20-14)5-3-7-15(19)17-13-6-2-1-4-11(13)10-18/h1-2,4,6,8-9,18H,3,5,7,10H2,(H,17,19). The van der Waals surface area contributed by atoms with E-state index in [9.17, 15) is 9.90 Å². The van der Waals surface area contributed by atoms with E-state index in [-0.39, 0.29) is 12.5 Å². The first-order chi connectivity index (χ1) is 9.69. The average molecular weight is 354 g/mol. The molecule has 1 amide bonds. The molecule has 2 aromatic rings. The first-order valence-corrected chi connectivity index (χ1v) is 8.03. The Kier molecular flexibility index (Phi) is 5.76. The molecule has 0 saturated heterocycles. The Morgan fingerprint density at radius 2 is 2.05 bits per heavy atom. The van der Waals surface area contributed by atoms with E-state index in [2.05, 4.69) is 27.3 Å². The summed E-state index contributed by atoms with van der Waals surface area (Å²) < 4.78 is 1.12. The van der Waals surface area contributed by atoms with Gasteiger partial charge >= 0.3 is 0 Å². The zero-order valence-corrected chi connectivity index (χ0v) is 13.3. The summed E-state index contributed by atoms with van der Waals surface area (Å²) in [6.45, 7) is -0.0698. The molecule has 0 bridgehead atoms. The van der Waals surface area contributed by atoms with Gasteiger partial charge in [0.05, 0.1) is 10.4 Å². The van der Waals surface area contributed by atoms with Crippen molar-refractivity contribution in [3.05, 3.63) is 50.6 Å². The minimum atomic E-state index is -0.0698. The third kappa shape index (κ3) is 4.44. The first kappa shape index (κ1) is 15.2. The molecule has 0 spiro atoms. The van der Waals surface area contributed by atoms with E-state index < -0.39 is 0 Å². The molecule has 0 unspecified atom stereocenters. The van der Waals surface area contributed by atoms with Crippen LogP contribution in [0.3, 0.4) is 0 Å². The summed E-state index contributed by atoms with van der Waals surface area (Å²) in [5.41, 5.74) is 1.43. The van der Waals surface area contributed by atoms with Crippen LogP contribution in [0, 0.1) is 0 Å². The van der Waals surface area contributed by atoms with Crippen LogP contribution < -0.4 is 5.32 Å². The van der Waals surface area contributed by atoms with E-state index in [1.807, 2.05) is 18.2 Å². The topological polar surface area (TPSA) is 49.3 Å².